The van der Waals surface area contributed by atoms with Crippen molar-refractivity contribution < 1.29 is 14.6 Å². The number of thiazole rings is 1. The van der Waals surface area contributed by atoms with E-state index < -0.39 is 6.04 Å². The minimum atomic E-state index is -0.554. The average Bonchev–Trinajstić information content (AvgIpc) is 3.11. The molecular weight excluding hydrogens is 348 g/mol. The third-order valence-electron chi connectivity index (χ3n) is 4.01. The SMILES string of the molecule is COC(=O)[C@H](Cc1ccc(O)cc1)Nc1nc(-c2ccc(C)cc2)cs1. The number of benzene rings is 2. The first-order valence-corrected chi connectivity index (χ1v) is 9.08. The Hall–Kier alpha value is -2.86. The van der Waals surface area contributed by atoms with Gasteiger partial charge in [-0.05, 0) is 24.6 Å². The van der Waals surface area contributed by atoms with Crippen LogP contribution in [0.1, 0.15) is 11.1 Å². The predicted octanol–water partition coefficient (Wildman–Crippen LogP) is 4.02. The molecule has 3 aromatic rings. The summed E-state index contributed by atoms with van der Waals surface area (Å²) in [6.07, 6.45) is 0.437. The fraction of sp³-hybridized carbons (Fsp3) is 0.200. The van der Waals surface area contributed by atoms with E-state index in [9.17, 15) is 9.90 Å². The Kier molecular flexibility index (Phi) is 5.53. The van der Waals surface area contributed by atoms with Crippen LogP contribution in [0.15, 0.2) is 53.9 Å². The molecule has 0 aliphatic heterocycles. The van der Waals surface area contributed by atoms with Crippen molar-refractivity contribution >= 4 is 22.4 Å². The smallest absolute Gasteiger partial charge is 0.328 e. The van der Waals surface area contributed by atoms with Crippen molar-refractivity contribution in [1.82, 2.24) is 4.98 Å². The van der Waals surface area contributed by atoms with Gasteiger partial charge in [-0.25, -0.2) is 9.78 Å². The highest BCUT2D eigenvalue weighted by Gasteiger charge is 2.21. The van der Waals surface area contributed by atoms with E-state index in [1.807, 2.05) is 36.6 Å². The van der Waals surface area contributed by atoms with Crippen LogP contribution >= 0.6 is 11.3 Å². The summed E-state index contributed by atoms with van der Waals surface area (Å²) < 4.78 is 4.91. The molecule has 0 aliphatic rings. The minimum Gasteiger partial charge on any atom is -0.508 e. The number of methoxy groups -OCH3 is 1. The van der Waals surface area contributed by atoms with Crippen LogP contribution in [-0.2, 0) is 16.0 Å². The molecule has 0 fully saturated rings. The number of anilines is 1. The van der Waals surface area contributed by atoms with E-state index in [4.69, 9.17) is 4.74 Å². The molecule has 0 aliphatic carbocycles. The van der Waals surface area contributed by atoms with Gasteiger partial charge in [-0.2, -0.15) is 0 Å². The molecule has 0 spiro atoms. The zero-order chi connectivity index (χ0) is 18.5. The highest BCUT2D eigenvalue weighted by molar-refractivity contribution is 7.14. The number of esters is 1. The maximum Gasteiger partial charge on any atom is 0.328 e. The largest absolute Gasteiger partial charge is 0.508 e. The van der Waals surface area contributed by atoms with Crippen LogP contribution in [0, 0.1) is 6.92 Å². The second-order valence-electron chi connectivity index (χ2n) is 5.99. The van der Waals surface area contributed by atoms with Gasteiger partial charge in [0.05, 0.1) is 12.8 Å². The summed E-state index contributed by atoms with van der Waals surface area (Å²) in [5, 5.41) is 15.2. The van der Waals surface area contributed by atoms with Crippen molar-refractivity contribution in [3.8, 4) is 17.0 Å². The van der Waals surface area contributed by atoms with Gasteiger partial charge in [0.1, 0.15) is 11.8 Å². The number of hydrogen-bond donors (Lipinski definition) is 2. The van der Waals surface area contributed by atoms with Crippen molar-refractivity contribution in [3.05, 3.63) is 65.0 Å². The van der Waals surface area contributed by atoms with Gasteiger partial charge in [0, 0.05) is 17.4 Å². The Balaban J connectivity index is 1.75. The molecule has 2 aromatic carbocycles. The maximum atomic E-state index is 12.1. The number of ether oxygens (including phenoxy) is 1. The number of nitrogens with one attached hydrogen (secondary N) is 1. The van der Waals surface area contributed by atoms with Crippen LogP contribution in [0.2, 0.25) is 0 Å². The Morgan fingerprint density at radius 3 is 2.54 bits per heavy atom. The quantitative estimate of drug-likeness (QED) is 0.643. The lowest BCUT2D eigenvalue weighted by Gasteiger charge is -2.16. The molecule has 0 saturated carbocycles. The van der Waals surface area contributed by atoms with E-state index in [0.29, 0.717) is 11.6 Å². The van der Waals surface area contributed by atoms with Gasteiger partial charge in [-0.15, -0.1) is 11.3 Å². The van der Waals surface area contributed by atoms with Crippen molar-refractivity contribution in [1.29, 1.82) is 0 Å². The first-order valence-electron chi connectivity index (χ1n) is 8.20. The highest BCUT2D eigenvalue weighted by atomic mass is 32.1. The summed E-state index contributed by atoms with van der Waals surface area (Å²) in [6.45, 7) is 2.04. The van der Waals surface area contributed by atoms with E-state index in [2.05, 4.69) is 10.3 Å². The Bertz CT molecular complexity index is 873. The van der Waals surface area contributed by atoms with Crippen LogP contribution in [0.3, 0.4) is 0 Å². The van der Waals surface area contributed by atoms with Crippen LogP contribution in [0.5, 0.6) is 5.75 Å². The molecular formula is C20H20N2O3S. The molecule has 5 nitrogen and oxygen atoms in total. The number of aryl methyl sites for hydroxylation is 1. The zero-order valence-electron chi connectivity index (χ0n) is 14.6. The number of carbonyl (C=O) groups excluding carboxylic acids is 1. The molecule has 0 bridgehead atoms. The Morgan fingerprint density at radius 1 is 1.19 bits per heavy atom. The number of rotatable bonds is 6. The van der Waals surface area contributed by atoms with Crippen molar-refractivity contribution in [2.45, 2.75) is 19.4 Å². The molecule has 0 amide bonds. The monoisotopic (exact) mass is 368 g/mol. The molecule has 2 N–H and O–H groups in total. The number of aromatic hydroxyl groups is 1. The van der Waals surface area contributed by atoms with E-state index in [0.717, 1.165) is 16.8 Å². The normalized spacial score (nSPS) is 11.8. The standard InChI is InChI=1S/C20H20N2O3S/c1-13-3-7-15(8-4-13)18-12-26-20(22-18)21-17(19(24)25-2)11-14-5-9-16(23)10-6-14/h3-10,12,17,23H,11H2,1-2H3,(H,21,22)/t17-/m0/s1. The van der Waals surface area contributed by atoms with Crippen LogP contribution in [0.4, 0.5) is 5.13 Å². The summed E-state index contributed by atoms with van der Waals surface area (Å²) in [7, 11) is 1.37. The molecule has 0 saturated heterocycles. The van der Waals surface area contributed by atoms with E-state index in [1.165, 1.54) is 24.0 Å². The lowest BCUT2D eigenvalue weighted by Crippen LogP contribution is -2.32. The summed E-state index contributed by atoms with van der Waals surface area (Å²) in [5.74, 6) is -0.163. The van der Waals surface area contributed by atoms with Crippen LogP contribution in [-0.4, -0.2) is 29.2 Å². The third kappa shape index (κ3) is 4.40. The fourth-order valence-corrected chi connectivity index (χ4v) is 3.32. The molecule has 6 heteroatoms. The van der Waals surface area contributed by atoms with E-state index >= 15 is 0 Å². The first-order chi connectivity index (χ1) is 12.5. The first kappa shape index (κ1) is 17.9. The van der Waals surface area contributed by atoms with Gasteiger partial charge in [-0.3, -0.25) is 0 Å². The van der Waals surface area contributed by atoms with Gasteiger partial charge in [0.25, 0.3) is 0 Å². The van der Waals surface area contributed by atoms with Crippen molar-refractivity contribution in [2.75, 3.05) is 12.4 Å². The number of hydrogen-bond acceptors (Lipinski definition) is 6. The van der Waals surface area contributed by atoms with E-state index in [-0.39, 0.29) is 11.7 Å². The van der Waals surface area contributed by atoms with Gasteiger partial charge >= 0.3 is 5.97 Å². The average molecular weight is 368 g/mol. The number of carbonyl (C=O) groups is 1. The van der Waals surface area contributed by atoms with Gasteiger partial charge < -0.3 is 15.2 Å². The Labute approximate surface area is 156 Å². The lowest BCUT2D eigenvalue weighted by molar-refractivity contribution is -0.141. The molecule has 134 valence electrons. The number of aromatic nitrogens is 1. The van der Waals surface area contributed by atoms with Gasteiger partial charge in [-0.1, -0.05) is 42.0 Å². The number of phenols is 1. The van der Waals surface area contributed by atoms with E-state index in [1.54, 1.807) is 24.3 Å². The van der Waals surface area contributed by atoms with Crippen LogP contribution in [0.25, 0.3) is 11.3 Å². The summed E-state index contributed by atoms with van der Waals surface area (Å²) in [6, 6.07) is 14.4. The summed E-state index contributed by atoms with van der Waals surface area (Å²) in [4.78, 5) is 16.7. The topological polar surface area (TPSA) is 71.5 Å². The molecule has 1 atom stereocenters. The second kappa shape index (κ2) is 8.01. The number of nitrogens with zero attached hydrogens (tertiary/aromatic N) is 1. The molecule has 0 radical (unpaired) electrons. The molecule has 3 rings (SSSR count). The highest BCUT2D eigenvalue weighted by Crippen LogP contribution is 2.26. The van der Waals surface area contributed by atoms with Crippen LogP contribution < -0.4 is 5.32 Å². The molecule has 0 unspecified atom stereocenters. The van der Waals surface area contributed by atoms with Gasteiger partial charge in [0.2, 0.25) is 0 Å². The second-order valence-corrected chi connectivity index (χ2v) is 6.85. The predicted molar refractivity (Wildman–Crippen MR) is 104 cm³/mol. The van der Waals surface area contributed by atoms with Crippen molar-refractivity contribution in [3.63, 3.8) is 0 Å². The van der Waals surface area contributed by atoms with Gasteiger partial charge in [0.15, 0.2) is 5.13 Å². The molecule has 1 aromatic heterocycles. The zero-order valence-corrected chi connectivity index (χ0v) is 15.4. The fourth-order valence-electron chi connectivity index (χ4n) is 2.55. The van der Waals surface area contributed by atoms with Crippen molar-refractivity contribution in [2.24, 2.45) is 0 Å². The lowest BCUT2D eigenvalue weighted by atomic mass is 10.1. The maximum absolute atomic E-state index is 12.1. The summed E-state index contributed by atoms with van der Waals surface area (Å²) in [5.41, 5.74) is 4.02. The number of phenolic OH excluding ortho intramolecular Hbond substituents is 1. The third-order valence-corrected chi connectivity index (χ3v) is 4.78. The Morgan fingerprint density at radius 2 is 1.88 bits per heavy atom. The molecule has 1 heterocycles. The summed E-state index contributed by atoms with van der Waals surface area (Å²) >= 11 is 1.45. The molecule has 26 heavy (non-hydrogen) atoms. The minimum absolute atomic E-state index is 0.194.